The van der Waals surface area contributed by atoms with Gasteiger partial charge in [0.15, 0.2) is 0 Å². The van der Waals surface area contributed by atoms with Gasteiger partial charge in [-0.3, -0.25) is 23.6 Å². The molecule has 258 valence electrons. The van der Waals surface area contributed by atoms with Gasteiger partial charge in [0.1, 0.15) is 23.5 Å². The maximum Gasteiger partial charge on any atom is 0.419 e. The van der Waals surface area contributed by atoms with Crippen LogP contribution in [0.3, 0.4) is 0 Å². The van der Waals surface area contributed by atoms with Gasteiger partial charge in [0.05, 0.1) is 51.6 Å². The van der Waals surface area contributed by atoms with E-state index < -0.39 is 51.6 Å². The van der Waals surface area contributed by atoms with Gasteiger partial charge in [-0.2, -0.15) is 0 Å². The molecule has 4 aromatic rings. The second-order valence-corrected chi connectivity index (χ2v) is 15.6. The van der Waals surface area contributed by atoms with Gasteiger partial charge < -0.3 is 14.2 Å². The monoisotopic (exact) mass is 709 g/mol. The smallest absolute Gasteiger partial charge is 0.419 e. The highest BCUT2D eigenvalue weighted by molar-refractivity contribution is 7.92. The number of nitrogens with zero attached hydrogens (tertiary/aromatic N) is 3. The fourth-order valence-corrected chi connectivity index (χ4v) is 7.05. The van der Waals surface area contributed by atoms with Crippen LogP contribution in [0.2, 0.25) is 5.02 Å². The van der Waals surface area contributed by atoms with E-state index in [0.717, 1.165) is 13.8 Å². The fraction of sp³-hybridized carbons (Fsp3) is 0.314. The molecule has 1 aliphatic rings. The Balaban J connectivity index is 1.73. The van der Waals surface area contributed by atoms with Crippen LogP contribution in [0.1, 0.15) is 68.0 Å². The number of carbonyl (C=O) groups excluding carboxylic acids is 4. The Morgan fingerprint density at radius 1 is 0.837 bits per heavy atom. The van der Waals surface area contributed by atoms with E-state index in [9.17, 15) is 27.6 Å². The van der Waals surface area contributed by atoms with Gasteiger partial charge in [-0.15, -0.1) is 0 Å². The number of anilines is 1. The first-order valence-corrected chi connectivity index (χ1v) is 17.0. The summed E-state index contributed by atoms with van der Waals surface area (Å²) in [7, 11) is -3.03. The van der Waals surface area contributed by atoms with Crippen molar-refractivity contribution in [3.8, 4) is 5.75 Å². The summed E-state index contributed by atoms with van der Waals surface area (Å²) in [6.45, 7) is 8.83. The Kier molecular flexibility index (Phi) is 9.30. The molecule has 0 N–H and O–H groups in total. The van der Waals surface area contributed by atoms with Crippen LogP contribution < -0.4 is 9.04 Å². The van der Waals surface area contributed by atoms with Crippen molar-refractivity contribution in [2.24, 2.45) is 0 Å². The number of ether oxygens (including phenoxy) is 3. The number of amides is 2. The molecule has 2 heterocycles. The maximum atomic E-state index is 14.3. The van der Waals surface area contributed by atoms with Crippen LogP contribution in [0.15, 0.2) is 71.6 Å². The number of hydrogen-bond acceptors (Lipinski definition) is 9. The lowest BCUT2D eigenvalue weighted by atomic mass is 10.1. The maximum absolute atomic E-state index is 14.3. The molecule has 2 amide bonds. The molecule has 0 spiro atoms. The molecule has 49 heavy (non-hydrogen) atoms. The number of hydrogen-bond donors (Lipinski definition) is 0. The van der Waals surface area contributed by atoms with Crippen LogP contribution in [0.5, 0.6) is 5.75 Å². The van der Waals surface area contributed by atoms with Crippen molar-refractivity contribution in [2.45, 2.75) is 64.2 Å². The van der Waals surface area contributed by atoms with Crippen LogP contribution in [0.25, 0.3) is 10.9 Å². The molecule has 3 aromatic carbocycles. The van der Waals surface area contributed by atoms with Gasteiger partial charge in [-0.1, -0.05) is 23.7 Å². The zero-order chi connectivity index (χ0) is 36.1. The molecule has 0 fully saturated rings. The van der Waals surface area contributed by atoms with Crippen molar-refractivity contribution in [2.75, 3.05) is 18.0 Å². The number of methoxy groups -OCH3 is 1. The van der Waals surface area contributed by atoms with E-state index in [1.54, 1.807) is 53.7 Å². The quantitative estimate of drug-likeness (QED) is 0.150. The number of fused-ring (bicyclic) bond motifs is 2. The standard InChI is InChI=1S/C35H36ClN3O9S/c1-34(2,3)47-29(40)20-38(49(44,45)23-14-12-22(46-7)13-15-23)28-17-16-27(36)30-26(28)18-21(39(30)33(43)48-35(4,5)6)19-37-31(41)24-10-8-9-11-25(24)32(37)42/h8-18H,19-20H2,1-7H3. The van der Waals surface area contributed by atoms with Crippen LogP contribution in [-0.2, 0) is 30.8 Å². The van der Waals surface area contributed by atoms with Gasteiger partial charge in [0, 0.05) is 5.39 Å². The van der Waals surface area contributed by atoms with E-state index in [0.29, 0.717) is 5.75 Å². The van der Waals surface area contributed by atoms with E-state index in [1.165, 1.54) is 61.7 Å². The Morgan fingerprint density at radius 2 is 1.41 bits per heavy atom. The fourth-order valence-electron chi connectivity index (χ4n) is 5.38. The highest BCUT2D eigenvalue weighted by atomic mass is 35.5. The summed E-state index contributed by atoms with van der Waals surface area (Å²) in [4.78, 5) is 54.6. The summed E-state index contributed by atoms with van der Waals surface area (Å²) in [5, 5.41) is 0.169. The molecule has 5 rings (SSSR count). The molecular formula is C35H36ClN3O9S. The van der Waals surface area contributed by atoms with Gasteiger partial charge in [-0.25, -0.2) is 17.8 Å². The number of carbonyl (C=O) groups is 4. The van der Waals surface area contributed by atoms with Crippen LogP contribution >= 0.6 is 11.6 Å². The lowest BCUT2D eigenvalue weighted by Gasteiger charge is -2.27. The van der Waals surface area contributed by atoms with Gasteiger partial charge >= 0.3 is 12.1 Å². The van der Waals surface area contributed by atoms with Gasteiger partial charge in [-0.05, 0) is 96.1 Å². The largest absolute Gasteiger partial charge is 0.497 e. The number of imide groups is 1. The predicted octanol–water partition coefficient (Wildman–Crippen LogP) is 6.42. The SMILES string of the molecule is COc1ccc(S(=O)(=O)N(CC(=O)OC(C)(C)C)c2ccc(Cl)c3c2cc(CN2C(=O)c4ccccc4C2=O)n3C(=O)OC(C)(C)C)cc1. The first kappa shape index (κ1) is 35.4. The highest BCUT2D eigenvalue weighted by Crippen LogP contribution is 2.39. The first-order valence-electron chi connectivity index (χ1n) is 15.2. The second kappa shape index (κ2) is 12.9. The van der Waals surface area contributed by atoms with Crippen molar-refractivity contribution in [1.82, 2.24) is 9.47 Å². The predicted molar refractivity (Wildman–Crippen MR) is 183 cm³/mol. The molecule has 14 heteroatoms. The Labute approximate surface area is 289 Å². The molecule has 0 radical (unpaired) electrons. The number of halogens is 1. The van der Waals surface area contributed by atoms with Crippen LogP contribution in [0, 0.1) is 0 Å². The lowest BCUT2D eigenvalue weighted by molar-refractivity contribution is -0.152. The summed E-state index contributed by atoms with van der Waals surface area (Å²) in [5.74, 6) is -1.56. The van der Waals surface area contributed by atoms with E-state index in [4.69, 9.17) is 25.8 Å². The molecular weight excluding hydrogens is 674 g/mol. The number of sulfonamides is 1. The van der Waals surface area contributed by atoms with E-state index in [-0.39, 0.29) is 49.9 Å². The molecule has 1 aliphatic heterocycles. The minimum atomic E-state index is -4.47. The number of rotatable bonds is 8. The molecule has 0 saturated heterocycles. The Morgan fingerprint density at radius 3 is 1.94 bits per heavy atom. The van der Waals surface area contributed by atoms with Crippen molar-refractivity contribution >= 4 is 62.1 Å². The molecule has 0 unspecified atom stereocenters. The third-order valence-electron chi connectivity index (χ3n) is 7.35. The topological polar surface area (TPSA) is 142 Å². The normalized spacial score (nSPS) is 13.4. The van der Waals surface area contributed by atoms with Gasteiger partial charge in [0.25, 0.3) is 21.8 Å². The molecule has 0 bridgehead atoms. The second-order valence-electron chi connectivity index (χ2n) is 13.3. The highest BCUT2D eigenvalue weighted by Gasteiger charge is 2.38. The van der Waals surface area contributed by atoms with E-state index in [2.05, 4.69) is 0 Å². The molecule has 0 saturated carbocycles. The Bertz CT molecular complexity index is 2060. The average molecular weight is 710 g/mol. The van der Waals surface area contributed by atoms with Crippen molar-refractivity contribution < 1.29 is 41.8 Å². The third kappa shape index (κ3) is 7.13. The summed E-state index contributed by atoms with van der Waals surface area (Å²) in [5.41, 5.74) is -1.36. The first-order chi connectivity index (χ1) is 22.8. The van der Waals surface area contributed by atoms with Gasteiger partial charge in [0.2, 0.25) is 0 Å². The van der Waals surface area contributed by atoms with Crippen LogP contribution in [-0.4, -0.2) is 66.6 Å². The summed E-state index contributed by atoms with van der Waals surface area (Å²) >= 11 is 6.72. The molecule has 0 atom stereocenters. The summed E-state index contributed by atoms with van der Waals surface area (Å²) < 4.78 is 47.0. The lowest BCUT2D eigenvalue weighted by Crippen LogP contribution is -2.39. The molecule has 12 nitrogen and oxygen atoms in total. The molecule has 0 aliphatic carbocycles. The number of benzene rings is 3. The average Bonchev–Trinajstić information content (AvgIpc) is 3.51. The number of aromatic nitrogens is 1. The minimum absolute atomic E-state index is 0.0213. The van der Waals surface area contributed by atoms with E-state index in [1.807, 2.05) is 0 Å². The number of esters is 1. The van der Waals surface area contributed by atoms with E-state index >= 15 is 0 Å². The van der Waals surface area contributed by atoms with Crippen molar-refractivity contribution in [3.63, 3.8) is 0 Å². The van der Waals surface area contributed by atoms with Crippen LogP contribution in [0.4, 0.5) is 10.5 Å². The minimum Gasteiger partial charge on any atom is -0.497 e. The zero-order valence-corrected chi connectivity index (χ0v) is 29.6. The van der Waals surface area contributed by atoms with Crippen molar-refractivity contribution in [1.29, 1.82) is 0 Å². The molecule has 1 aromatic heterocycles. The van der Waals surface area contributed by atoms with Crippen molar-refractivity contribution in [3.05, 3.63) is 88.6 Å². The third-order valence-corrected chi connectivity index (χ3v) is 9.43. The summed E-state index contributed by atoms with van der Waals surface area (Å²) in [6.07, 6.45) is -0.884. The Hall–Kier alpha value is -4.88. The summed E-state index contributed by atoms with van der Waals surface area (Å²) in [6, 6.07) is 16.2. The zero-order valence-electron chi connectivity index (χ0n) is 28.1.